The number of aromatic nitrogens is 3. The van der Waals surface area contributed by atoms with Gasteiger partial charge in [-0.3, -0.25) is 4.79 Å². The Hall–Kier alpha value is -2.25. The van der Waals surface area contributed by atoms with Gasteiger partial charge in [0, 0.05) is 18.8 Å². The number of nitrogens with one attached hydrogen (secondary N) is 1. The van der Waals surface area contributed by atoms with Crippen molar-refractivity contribution in [2.45, 2.75) is 25.3 Å². The molecule has 1 aromatic heterocycles. The summed E-state index contributed by atoms with van der Waals surface area (Å²) in [4.78, 5) is 16.5. The number of amides is 1. The Labute approximate surface area is 134 Å². The van der Waals surface area contributed by atoms with Crippen LogP contribution in [-0.2, 0) is 4.74 Å². The third kappa shape index (κ3) is 3.25. The van der Waals surface area contributed by atoms with Gasteiger partial charge in [0.15, 0.2) is 0 Å². The molecule has 1 amide bonds. The van der Waals surface area contributed by atoms with Crippen LogP contribution >= 0.6 is 0 Å². The van der Waals surface area contributed by atoms with Crippen LogP contribution in [-0.4, -0.2) is 51.1 Å². The van der Waals surface area contributed by atoms with Crippen LogP contribution in [0, 0.1) is 6.92 Å². The molecule has 0 spiro atoms. The van der Waals surface area contributed by atoms with Crippen molar-refractivity contribution in [3.63, 3.8) is 0 Å². The smallest absolute Gasteiger partial charge is 0.251 e. The average Bonchev–Trinajstić information content (AvgIpc) is 3.09. The third-order valence-electron chi connectivity index (χ3n) is 4.26. The standard InChI is InChI=1S/C16H20N4O3/c1-12-8-13(2-3-14(12)20-11-17-10-18-20)15(22)19-16(9-21)4-6-23-7-5-16/h2-3,8,10-11,21H,4-7,9H2,1H3,(H,19,22). The lowest BCUT2D eigenvalue weighted by atomic mass is 9.90. The van der Waals surface area contributed by atoms with Crippen LogP contribution in [0.25, 0.3) is 5.69 Å². The molecule has 3 rings (SSSR count). The van der Waals surface area contributed by atoms with Gasteiger partial charge in [-0.25, -0.2) is 9.67 Å². The second kappa shape index (κ2) is 6.47. The maximum Gasteiger partial charge on any atom is 0.251 e. The monoisotopic (exact) mass is 316 g/mol. The molecule has 1 aromatic carbocycles. The molecule has 0 aliphatic carbocycles. The Balaban J connectivity index is 1.78. The van der Waals surface area contributed by atoms with E-state index >= 15 is 0 Å². The highest BCUT2D eigenvalue weighted by Crippen LogP contribution is 2.21. The minimum atomic E-state index is -0.589. The van der Waals surface area contributed by atoms with Crippen LogP contribution in [0.5, 0.6) is 0 Å². The van der Waals surface area contributed by atoms with Crippen molar-refractivity contribution >= 4 is 5.91 Å². The number of carbonyl (C=O) groups is 1. The third-order valence-corrected chi connectivity index (χ3v) is 4.26. The van der Waals surface area contributed by atoms with E-state index in [1.54, 1.807) is 17.1 Å². The Kier molecular flexibility index (Phi) is 4.40. The van der Waals surface area contributed by atoms with Crippen LogP contribution in [0.3, 0.4) is 0 Å². The molecule has 2 N–H and O–H groups in total. The summed E-state index contributed by atoms with van der Waals surface area (Å²) in [7, 11) is 0. The molecule has 7 nitrogen and oxygen atoms in total. The molecular weight excluding hydrogens is 296 g/mol. The van der Waals surface area contributed by atoms with E-state index in [9.17, 15) is 9.90 Å². The molecule has 1 fully saturated rings. The molecular formula is C16H20N4O3. The molecule has 1 aliphatic rings. The summed E-state index contributed by atoms with van der Waals surface area (Å²) in [6.45, 7) is 2.93. The fourth-order valence-corrected chi connectivity index (χ4v) is 2.78. The summed E-state index contributed by atoms with van der Waals surface area (Å²) in [6.07, 6.45) is 4.32. The van der Waals surface area contributed by atoms with Crippen LogP contribution in [0.1, 0.15) is 28.8 Å². The summed E-state index contributed by atoms with van der Waals surface area (Å²) in [5.74, 6) is -0.186. The Morgan fingerprint density at radius 2 is 2.22 bits per heavy atom. The van der Waals surface area contributed by atoms with Crippen molar-refractivity contribution in [3.8, 4) is 5.69 Å². The van der Waals surface area contributed by atoms with Crippen molar-refractivity contribution in [1.82, 2.24) is 20.1 Å². The molecule has 122 valence electrons. The number of nitrogens with zero attached hydrogens (tertiary/aromatic N) is 3. The summed E-state index contributed by atoms with van der Waals surface area (Å²) < 4.78 is 6.97. The molecule has 1 aliphatic heterocycles. The van der Waals surface area contributed by atoms with Crippen molar-refractivity contribution in [2.24, 2.45) is 0 Å². The van der Waals surface area contributed by atoms with Crippen molar-refractivity contribution in [3.05, 3.63) is 42.0 Å². The lowest BCUT2D eigenvalue weighted by molar-refractivity contribution is 0.0125. The van der Waals surface area contributed by atoms with E-state index in [0.717, 1.165) is 11.3 Å². The van der Waals surface area contributed by atoms with Gasteiger partial charge in [0.25, 0.3) is 5.91 Å². The molecule has 0 bridgehead atoms. The molecule has 1 saturated heterocycles. The molecule has 2 heterocycles. The van der Waals surface area contributed by atoms with E-state index in [-0.39, 0.29) is 12.5 Å². The van der Waals surface area contributed by atoms with E-state index in [0.29, 0.717) is 31.6 Å². The first-order valence-corrected chi connectivity index (χ1v) is 7.60. The molecule has 23 heavy (non-hydrogen) atoms. The Bertz CT molecular complexity index is 679. The fraction of sp³-hybridized carbons (Fsp3) is 0.438. The van der Waals surface area contributed by atoms with Gasteiger partial charge in [-0.2, -0.15) is 5.10 Å². The highest BCUT2D eigenvalue weighted by molar-refractivity contribution is 5.95. The molecule has 7 heteroatoms. The van der Waals surface area contributed by atoms with Gasteiger partial charge in [0.05, 0.1) is 17.8 Å². The van der Waals surface area contributed by atoms with Gasteiger partial charge < -0.3 is 15.2 Å². The first-order valence-electron chi connectivity index (χ1n) is 7.60. The summed E-state index contributed by atoms with van der Waals surface area (Å²) in [6, 6.07) is 5.41. The number of ether oxygens (including phenoxy) is 1. The minimum absolute atomic E-state index is 0.0852. The molecule has 0 unspecified atom stereocenters. The van der Waals surface area contributed by atoms with Crippen molar-refractivity contribution < 1.29 is 14.6 Å². The average molecular weight is 316 g/mol. The number of rotatable bonds is 4. The summed E-state index contributed by atoms with van der Waals surface area (Å²) in [5, 5.41) is 16.7. The van der Waals surface area contributed by atoms with E-state index < -0.39 is 5.54 Å². The Morgan fingerprint density at radius 1 is 1.43 bits per heavy atom. The quantitative estimate of drug-likeness (QED) is 0.873. The van der Waals surface area contributed by atoms with Gasteiger partial charge in [-0.05, 0) is 43.5 Å². The summed E-state index contributed by atoms with van der Waals surface area (Å²) in [5.41, 5.74) is 1.77. The number of hydrogen-bond acceptors (Lipinski definition) is 5. The molecule has 0 radical (unpaired) electrons. The topological polar surface area (TPSA) is 89.3 Å². The van der Waals surface area contributed by atoms with Gasteiger partial charge in [-0.15, -0.1) is 0 Å². The van der Waals surface area contributed by atoms with Crippen LogP contribution in [0.2, 0.25) is 0 Å². The minimum Gasteiger partial charge on any atom is -0.394 e. The second-order valence-corrected chi connectivity index (χ2v) is 5.85. The van der Waals surface area contributed by atoms with Gasteiger partial charge in [0.2, 0.25) is 0 Å². The van der Waals surface area contributed by atoms with Gasteiger partial charge >= 0.3 is 0 Å². The lowest BCUT2D eigenvalue weighted by Crippen LogP contribution is -2.54. The number of hydrogen-bond donors (Lipinski definition) is 2. The van der Waals surface area contributed by atoms with Crippen LogP contribution < -0.4 is 5.32 Å². The van der Waals surface area contributed by atoms with E-state index in [4.69, 9.17) is 4.74 Å². The zero-order chi connectivity index (χ0) is 16.3. The fourth-order valence-electron chi connectivity index (χ4n) is 2.78. The number of aliphatic hydroxyl groups is 1. The highest BCUT2D eigenvalue weighted by Gasteiger charge is 2.33. The van der Waals surface area contributed by atoms with E-state index in [2.05, 4.69) is 15.4 Å². The van der Waals surface area contributed by atoms with Gasteiger partial charge in [-0.1, -0.05) is 0 Å². The maximum atomic E-state index is 12.5. The zero-order valence-corrected chi connectivity index (χ0v) is 13.0. The normalized spacial score (nSPS) is 17.0. The first kappa shape index (κ1) is 15.6. The largest absolute Gasteiger partial charge is 0.394 e. The molecule has 0 saturated carbocycles. The Morgan fingerprint density at radius 3 is 2.83 bits per heavy atom. The van der Waals surface area contributed by atoms with Gasteiger partial charge in [0.1, 0.15) is 12.7 Å². The van der Waals surface area contributed by atoms with E-state index in [1.807, 2.05) is 19.1 Å². The zero-order valence-electron chi connectivity index (χ0n) is 13.0. The second-order valence-electron chi connectivity index (χ2n) is 5.85. The number of benzene rings is 1. The highest BCUT2D eigenvalue weighted by atomic mass is 16.5. The van der Waals surface area contributed by atoms with Crippen molar-refractivity contribution in [2.75, 3.05) is 19.8 Å². The predicted molar refractivity (Wildman–Crippen MR) is 83.4 cm³/mol. The number of aryl methyl sites for hydroxylation is 1. The maximum absolute atomic E-state index is 12.5. The summed E-state index contributed by atoms with van der Waals surface area (Å²) >= 11 is 0. The number of carbonyl (C=O) groups excluding carboxylic acids is 1. The first-order chi connectivity index (χ1) is 11.1. The van der Waals surface area contributed by atoms with Crippen molar-refractivity contribution in [1.29, 1.82) is 0 Å². The number of aliphatic hydroxyl groups excluding tert-OH is 1. The van der Waals surface area contributed by atoms with Crippen LogP contribution in [0.4, 0.5) is 0 Å². The molecule has 2 aromatic rings. The molecule has 0 atom stereocenters. The predicted octanol–water partition coefficient (Wildman–Crippen LogP) is 0.847. The van der Waals surface area contributed by atoms with E-state index in [1.165, 1.54) is 6.33 Å². The lowest BCUT2D eigenvalue weighted by Gasteiger charge is -2.36. The van der Waals surface area contributed by atoms with Crippen LogP contribution in [0.15, 0.2) is 30.9 Å². The SMILES string of the molecule is Cc1cc(C(=O)NC2(CO)CCOCC2)ccc1-n1cncn1.